The van der Waals surface area contributed by atoms with E-state index in [2.05, 4.69) is 29.4 Å². The molecule has 0 aliphatic heterocycles. The Bertz CT molecular complexity index is 2590. The molecule has 3 saturated carbocycles. The van der Waals surface area contributed by atoms with Crippen molar-refractivity contribution in [3.8, 4) is 17.2 Å². The number of carbonyl (C=O) groups is 1. The molecule has 0 radical (unpaired) electrons. The molecule has 3 fully saturated rings. The van der Waals surface area contributed by atoms with Gasteiger partial charge in [0.2, 0.25) is 15.5 Å². The van der Waals surface area contributed by atoms with Gasteiger partial charge in [-0.1, -0.05) is 185 Å². The predicted octanol–water partition coefficient (Wildman–Crippen LogP) is 16.7. The number of nitrogens with one attached hydrogen (secondary N) is 3. The lowest BCUT2D eigenvalue weighted by Crippen LogP contribution is -2.28. The Morgan fingerprint density at radius 3 is 1.42 bits per heavy atom. The molecule has 0 spiro atoms. The number of imidazole rings is 2. The Morgan fingerprint density at radius 1 is 0.639 bits per heavy atom. The number of benzene rings is 3. The number of ether oxygens (including phenoxy) is 5. The van der Waals surface area contributed by atoms with E-state index >= 15 is 0 Å². The number of aromatic nitrogens is 4. The molecule has 398 valence electrons. The number of nitrogen functional groups attached to an aromatic ring is 2. The van der Waals surface area contributed by atoms with Crippen molar-refractivity contribution >= 4 is 173 Å². The number of nitrogens with zero attached hydrogens (tertiary/aromatic N) is 2. The molecule has 25 heteroatoms. The van der Waals surface area contributed by atoms with E-state index in [0.717, 1.165) is 12.8 Å². The number of hydrogen-bond donors (Lipinski definition) is 6. The number of fused-ring (bicyclic) bond motifs is 2. The molecule has 0 saturated heterocycles. The molecule has 14 nitrogen and oxygen atoms in total. The third-order valence-corrected chi connectivity index (χ3v) is 15.8. The van der Waals surface area contributed by atoms with Crippen LogP contribution in [0.1, 0.15) is 113 Å². The highest BCUT2D eigenvalue weighted by Crippen LogP contribution is 2.44. The Hall–Kier alpha value is -2.31. The van der Waals surface area contributed by atoms with Crippen LogP contribution in [0.15, 0.2) is 18.2 Å². The largest absolute Gasteiger partial charge is 0.489 e. The molecule has 2 aromatic heterocycles. The second-order valence-corrected chi connectivity index (χ2v) is 23.4. The molecular formula is C47H56Cl11N7O7. The zero-order valence-electron chi connectivity index (χ0n) is 39.3. The number of carboxylic acid groups (broad SMARTS) is 1. The van der Waals surface area contributed by atoms with Crippen LogP contribution in [-0.4, -0.2) is 75.5 Å². The number of carboxylic acids is 1. The summed E-state index contributed by atoms with van der Waals surface area (Å²) in [5.41, 5.74) is 14.5. The first kappa shape index (κ1) is 60.6. The number of alkyl halides is 5. The van der Waals surface area contributed by atoms with E-state index in [1.807, 2.05) is 0 Å². The van der Waals surface area contributed by atoms with Crippen LogP contribution in [0.4, 0.5) is 11.4 Å². The van der Waals surface area contributed by atoms with Crippen molar-refractivity contribution in [2.75, 3.05) is 45.5 Å². The van der Waals surface area contributed by atoms with Crippen LogP contribution in [0.25, 0.3) is 22.1 Å². The zero-order valence-corrected chi connectivity index (χ0v) is 47.6. The lowest BCUT2D eigenvalue weighted by Gasteiger charge is -2.22. The minimum Gasteiger partial charge on any atom is -0.489 e. The van der Waals surface area contributed by atoms with E-state index in [-0.39, 0.29) is 22.6 Å². The minimum atomic E-state index is -1.65. The maximum Gasteiger partial charge on any atom is 0.371 e. The van der Waals surface area contributed by atoms with Crippen LogP contribution >= 0.6 is 128 Å². The second kappa shape index (κ2) is 28.2. The molecule has 8 rings (SSSR count). The Labute approximate surface area is 473 Å². The van der Waals surface area contributed by atoms with Crippen molar-refractivity contribution in [1.29, 1.82) is 5.41 Å². The summed E-state index contributed by atoms with van der Waals surface area (Å²) in [5, 5.41) is 18.0. The number of halogens is 11. The van der Waals surface area contributed by atoms with Gasteiger partial charge >= 0.3 is 5.97 Å². The topological polar surface area (TPSA) is 217 Å². The highest BCUT2D eigenvalue weighted by Gasteiger charge is 2.31. The quantitative estimate of drug-likeness (QED) is 0.0299. The fourth-order valence-corrected chi connectivity index (χ4v) is 9.91. The molecule has 0 bridgehead atoms. The molecule has 3 aliphatic rings. The lowest BCUT2D eigenvalue weighted by molar-refractivity contribution is 0.0685. The van der Waals surface area contributed by atoms with Gasteiger partial charge in [0.05, 0.1) is 64.4 Å². The van der Waals surface area contributed by atoms with Crippen LogP contribution in [-0.2, 0) is 13.3 Å². The summed E-state index contributed by atoms with van der Waals surface area (Å²) in [7, 11) is 2.58. The van der Waals surface area contributed by atoms with E-state index in [9.17, 15) is 4.79 Å². The Balaban J connectivity index is 0.000000186. The molecule has 0 atom stereocenters. The summed E-state index contributed by atoms with van der Waals surface area (Å²) in [6, 6.07) is 4.76. The summed E-state index contributed by atoms with van der Waals surface area (Å²) in [5.74, 6) is 1.41. The van der Waals surface area contributed by atoms with Crippen molar-refractivity contribution in [3.05, 3.63) is 60.0 Å². The molecule has 2 heterocycles. The molecule has 5 aromatic rings. The number of aromatic amines is 2. The van der Waals surface area contributed by atoms with Crippen molar-refractivity contribution in [3.63, 3.8) is 0 Å². The average Bonchev–Trinajstić information content (AvgIpc) is 4.00. The van der Waals surface area contributed by atoms with Gasteiger partial charge in [0.15, 0.2) is 23.1 Å². The zero-order chi connectivity index (χ0) is 52.9. The fourth-order valence-electron chi connectivity index (χ4n) is 8.29. The van der Waals surface area contributed by atoms with Gasteiger partial charge in [0, 0.05) is 7.11 Å². The highest BCUT2D eigenvalue weighted by molar-refractivity contribution is 6.66. The first-order chi connectivity index (χ1) is 34.1. The van der Waals surface area contributed by atoms with Gasteiger partial charge in [-0.2, -0.15) is 0 Å². The molecule has 72 heavy (non-hydrogen) atoms. The molecule has 8 N–H and O–H groups in total. The van der Waals surface area contributed by atoms with E-state index in [0.29, 0.717) is 113 Å². The number of hydrogen-bond acceptors (Lipinski definition) is 11. The summed E-state index contributed by atoms with van der Waals surface area (Å²) in [6.45, 7) is 1.76. The average molecular weight is 1220 g/mol. The van der Waals surface area contributed by atoms with Crippen molar-refractivity contribution < 1.29 is 33.6 Å². The summed E-state index contributed by atoms with van der Waals surface area (Å²) >= 11 is 65.3. The fraction of sp³-hybridized carbons (Fsp3) is 0.532. The van der Waals surface area contributed by atoms with Gasteiger partial charge in [-0.25, -0.2) is 14.8 Å². The predicted molar refractivity (Wildman–Crippen MR) is 296 cm³/mol. The SMILES string of the molecule is COC(=N)C(Cl)(Cl)OC.Clc1cc2[nH]c(C(Cl)(Cl)Cl)nc2c(OCC2CCCCC2)c1Cl.Nc1cc(Cl)c(Cl)c(OCC2CCCCC2)c1N.O=C(O)c1nc2c(OCC3CCCCC3)c(Cl)c(Cl)cc2[nH]1. The highest BCUT2D eigenvalue weighted by atomic mass is 35.6. The first-order valence-electron chi connectivity index (χ1n) is 23.1. The van der Waals surface area contributed by atoms with Gasteiger partial charge in [-0.3, -0.25) is 5.41 Å². The monoisotopic (exact) mass is 1220 g/mol. The number of methoxy groups -OCH3 is 2. The van der Waals surface area contributed by atoms with Gasteiger partial charge in [0.25, 0.3) is 4.52 Å². The third-order valence-electron chi connectivity index (χ3n) is 12.3. The number of aromatic carboxylic acids is 1. The molecule has 3 aliphatic carbocycles. The van der Waals surface area contributed by atoms with Crippen LogP contribution < -0.4 is 25.7 Å². The summed E-state index contributed by atoms with van der Waals surface area (Å²) in [6.07, 6.45) is 18.4. The molecule has 3 aromatic carbocycles. The van der Waals surface area contributed by atoms with E-state index in [1.54, 1.807) is 18.2 Å². The number of rotatable bonds is 12. The minimum absolute atomic E-state index is 0.157. The molecular weight excluding hydrogens is 1160 g/mol. The summed E-state index contributed by atoms with van der Waals surface area (Å²) < 4.78 is 23.2. The summed E-state index contributed by atoms with van der Waals surface area (Å²) in [4.78, 5) is 25.1. The standard InChI is InChI=1S/C15H15Cl5N2O.C15H16Cl2N2O3.C13H18Cl2N2O.C4H7Cl2NO2/c16-9-6-10-12(22-14(21-10)15(18,19)20)13(11(9)17)23-7-8-4-2-1-3-5-8;16-9-6-10-12(19-14(18-10)15(20)21)13(11(9)17)22-7-8-4-2-1-3-5-8;14-9-6-10(16)12(17)13(11(9)15)18-7-8-4-2-1-3-5-8;1-8-3(7)4(5,6)9-2/h6,8H,1-5,7H2,(H,21,22);6,8H,1-5,7H2,(H,18,19)(H,20,21);6,8H,1-5,7,16-17H2;7H,1-2H3. The van der Waals surface area contributed by atoms with E-state index < -0.39 is 14.3 Å². The lowest BCUT2D eigenvalue weighted by atomic mass is 9.90. The van der Waals surface area contributed by atoms with Gasteiger partial charge in [0.1, 0.15) is 26.1 Å². The third kappa shape index (κ3) is 16.8. The second-order valence-electron chi connectivity index (χ2n) is 17.5. The van der Waals surface area contributed by atoms with Crippen LogP contribution in [0.3, 0.4) is 0 Å². The normalized spacial score (nSPS) is 15.9. The smallest absolute Gasteiger partial charge is 0.371 e. The molecule has 0 unspecified atom stereocenters. The first-order valence-corrected chi connectivity index (χ1v) is 27.2. The van der Waals surface area contributed by atoms with Crippen LogP contribution in [0.2, 0.25) is 30.1 Å². The number of H-pyrrole nitrogens is 2. The van der Waals surface area contributed by atoms with Crippen LogP contribution in [0, 0.1) is 23.2 Å². The van der Waals surface area contributed by atoms with Gasteiger partial charge in [-0.15, -0.1) is 0 Å². The maximum absolute atomic E-state index is 11.1. The van der Waals surface area contributed by atoms with E-state index in [4.69, 9.17) is 164 Å². The van der Waals surface area contributed by atoms with Crippen molar-refractivity contribution in [2.45, 2.75) is 105 Å². The molecule has 0 amide bonds. The van der Waals surface area contributed by atoms with Crippen molar-refractivity contribution in [2.24, 2.45) is 17.8 Å². The van der Waals surface area contributed by atoms with Gasteiger partial charge < -0.3 is 50.2 Å². The maximum atomic E-state index is 11.1. The van der Waals surface area contributed by atoms with Crippen molar-refractivity contribution in [1.82, 2.24) is 19.9 Å². The number of nitrogens with two attached hydrogens (primary N) is 2. The van der Waals surface area contributed by atoms with Crippen LogP contribution in [0.5, 0.6) is 17.2 Å². The Morgan fingerprint density at radius 2 is 1.03 bits per heavy atom. The number of anilines is 2. The van der Waals surface area contributed by atoms with E-state index in [1.165, 1.54) is 97.7 Å². The van der Waals surface area contributed by atoms with Gasteiger partial charge in [-0.05, 0) is 74.5 Å². The Kier molecular flexibility index (Phi) is 23.7.